The Morgan fingerprint density at radius 2 is 2.08 bits per heavy atom. The molecule has 0 aromatic rings. The first kappa shape index (κ1) is 11.0. The zero-order valence-electron chi connectivity index (χ0n) is 6.30. The van der Waals surface area contributed by atoms with Crippen LogP contribution in [0.3, 0.4) is 0 Å². The van der Waals surface area contributed by atoms with Crippen LogP contribution in [-0.4, -0.2) is 36.3 Å². The Bertz CT molecular complexity index is 142. The molecule has 0 rings (SSSR count). The number of thioether (sulfide) groups is 1. The topological polar surface area (TPSA) is 78.7 Å². The van der Waals surface area contributed by atoms with E-state index in [1.54, 1.807) is 0 Å². The molecule has 0 unspecified atom stereocenters. The summed E-state index contributed by atoms with van der Waals surface area (Å²) >= 11 is 1.42. The Morgan fingerprint density at radius 3 is 2.67 bits per heavy atom. The fourth-order valence-corrected chi connectivity index (χ4v) is 1.04. The molecule has 0 heterocycles. The van der Waals surface area contributed by atoms with E-state index < -0.39 is 5.09 Å². The van der Waals surface area contributed by atoms with Crippen LogP contribution in [0, 0.1) is 10.1 Å². The zero-order valence-corrected chi connectivity index (χ0v) is 7.12. The first-order valence-electron chi connectivity index (χ1n) is 3.17. The van der Waals surface area contributed by atoms with Gasteiger partial charge in [-0.2, -0.15) is 11.8 Å². The van der Waals surface area contributed by atoms with Crippen LogP contribution in [0.1, 0.15) is 0 Å². The predicted octanol–water partition coefficient (Wildman–Crippen LogP) is 0.101. The highest BCUT2D eigenvalue weighted by molar-refractivity contribution is 7.99. The van der Waals surface area contributed by atoms with Gasteiger partial charge in [0.25, 0.3) is 11.6 Å². The summed E-state index contributed by atoms with van der Waals surface area (Å²) in [5, 5.41) is 8.81. The van der Waals surface area contributed by atoms with Crippen molar-refractivity contribution in [1.82, 2.24) is 0 Å². The molecule has 0 atom stereocenters. The number of carbonyl (C=O) groups excluding carboxylic acids is 1. The maximum atomic E-state index is 9.64. The van der Waals surface area contributed by atoms with Gasteiger partial charge in [-0.05, 0) is 0 Å². The van der Waals surface area contributed by atoms with Gasteiger partial charge in [-0.3, -0.25) is 4.79 Å². The predicted molar refractivity (Wildman–Crippen MR) is 42.3 cm³/mol. The van der Waals surface area contributed by atoms with Crippen LogP contribution >= 0.6 is 11.8 Å². The summed E-state index contributed by atoms with van der Waals surface area (Å²) in [7, 11) is 0. The average molecular weight is 195 g/mol. The van der Waals surface area contributed by atoms with Gasteiger partial charge in [0.15, 0.2) is 0 Å². The van der Waals surface area contributed by atoms with E-state index in [4.69, 9.17) is 0 Å². The van der Waals surface area contributed by atoms with Crippen LogP contribution in [-0.2, 0) is 14.4 Å². The molecular weight excluding hydrogens is 186 g/mol. The summed E-state index contributed by atoms with van der Waals surface area (Å²) in [6.07, 6.45) is 0. The van der Waals surface area contributed by atoms with E-state index in [1.807, 2.05) is 0 Å². The summed E-state index contributed by atoms with van der Waals surface area (Å²) in [5.41, 5.74) is 0. The monoisotopic (exact) mass is 195 g/mol. The van der Waals surface area contributed by atoms with Crippen LogP contribution in [0.5, 0.6) is 0 Å². The van der Waals surface area contributed by atoms with Crippen LogP contribution in [0.25, 0.3) is 0 Å². The standard InChI is InChI=1S/C5H9NO5S/c7-5-10-1-3-12-4-2-11-6(8)9/h5H,1-4H2. The van der Waals surface area contributed by atoms with Gasteiger partial charge in [-0.1, -0.05) is 0 Å². The van der Waals surface area contributed by atoms with Crippen molar-refractivity contribution in [2.24, 2.45) is 0 Å². The molecular formula is C5H9NO5S. The minimum atomic E-state index is -0.831. The van der Waals surface area contributed by atoms with E-state index in [1.165, 1.54) is 11.8 Å². The Hall–Kier alpha value is -0.980. The van der Waals surface area contributed by atoms with Gasteiger partial charge < -0.3 is 9.57 Å². The quantitative estimate of drug-likeness (QED) is 0.236. The Morgan fingerprint density at radius 1 is 1.42 bits per heavy atom. The van der Waals surface area contributed by atoms with E-state index in [9.17, 15) is 14.9 Å². The summed E-state index contributed by atoms with van der Waals surface area (Å²) in [6, 6.07) is 0. The summed E-state index contributed by atoms with van der Waals surface area (Å²) < 4.78 is 4.39. The van der Waals surface area contributed by atoms with Crippen molar-refractivity contribution in [3.8, 4) is 0 Å². The van der Waals surface area contributed by atoms with Gasteiger partial charge in [0.2, 0.25) is 0 Å². The lowest BCUT2D eigenvalue weighted by atomic mass is 10.8. The molecule has 0 aromatic carbocycles. The molecule has 0 bridgehead atoms. The zero-order chi connectivity index (χ0) is 9.23. The number of rotatable bonds is 8. The molecule has 0 radical (unpaired) electrons. The maximum absolute atomic E-state index is 9.64. The summed E-state index contributed by atoms with van der Waals surface area (Å²) in [4.78, 5) is 23.3. The van der Waals surface area contributed by atoms with Crippen molar-refractivity contribution < 1.29 is 19.5 Å². The molecule has 0 saturated carbocycles. The highest BCUT2D eigenvalue weighted by Crippen LogP contribution is 1.98. The van der Waals surface area contributed by atoms with Gasteiger partial charge >= 0.3 is 0 Å². The normalized spacial score (nSPS) is 9.00. The molecule has 0 amide bonds. The van der Waals surface area contributed by atoms with Crippen LogP contribution in [0.4, 0.5) is 0 Å². The van der Waals surface area contributed by atoms with E-state index in [0.29, 0.717) is 24.6 Å². The lowest BCUT2D eigenvalue weighted by Crippen LogP contribution is -2.05. The van der Waals surface area contributed by atoms with Crippen molar-refractivity contribution in [3.63, 3.8) is 0 Å². The fraction of sp³-hybridized carbons (Fsp3) is 0.800. The first-order valence-corrected chi connectivity index (χ1v) is 4.33. The molecule has 0 N–H and O–H groups in total. The molecule has 0 aliphatic rings. The maximum Gasteiger partial charge on any atom is 0.294 e. The van der Waals surface area contributed by atoms with Crippen LogP contribution in [0.2, 0.25) is 0 Å². The molecule has 7 heteroatoms. The van der Waals surface area contributed by atoms with Crippen molar-refractivity contribution in [2.75, 3.05) is 24.7 Å². The van der Waals surface area contributed by atoms with Crippen molar-refractivity contribution in [1.29, 1.82) is 0 Å². The number of hydrogen-bond donors (Lipinski definition) is 0. The van der Waals surface area contributed by atoms with Gasteiger partial charge in [0.05, 0.1) is 0 Å². The van der Waals surface area contributed by atoms with Crippen LogP contribution in [0.15, 0.2) is 0 Å². The minimum Gasteiger partial charge on any atom is -0.467 e. The third-order valence-corrected chi connectivity index (χ3v) is 1.75. The van der Waals surface area contributed by atoms with Crippen molar-refractivity contribution >= 4 is 18.2 Å². The van der Waals surface area contributed by atoms with E-state index in [2.05, 4.69) is 9.57 Å². The summed E-state index contributed by atoms with van der Waals surface area (Å²) in [6.45, 7) is 0.763. The second-order valence-corrected chi connectivity index (χ2v) is 2.86. The highest BCUT2D eigenvalue weighted by Gasteiger charge is 1.94. The van der Waals surface area contributed by atoms with Crippen molar-refractivity contribution in [2.45, 2.75) is 0 Å². The third kappa shape index (κ3) is 9.02. The second-order valence-electron chi connectivity index (χ2n) is 1.64. The molecule has 12 heavy (non-hydrogen) atoms. The number of ether oxygens (including phenoxy) is 1. The minimum absolute atomic E-state index is 0.0682. The molecule has 0 aromatic heterocycles. The molecule has 0 aliphatic heterocycles. The largest absolute Gasteiger partial charge is 0.467 e. The molecule has 6 nitrogen and oxygen atoms in total. The molecule has 0 saturated heterocycles. The SMILES string of the molecule is O=COCCSCCO[N+](=O)[O-]. The average Bonchev–Trinajstić information content (AvgIpc) is 2.02. The van der Waals surface area contributed by atoms with E-state index in [0.717, 1.165) is 0 Å². The van der Waals surface area contributed by atoms with Gasteiger partial charge in [-0.25, -0.2) is 0 Å². The Labute approximate surface area is 73.3 Å². The van der Waals surface area contributed by atoms with E-state index >= 15 is 0 Å². The number of nitrogens with zero attached hydrogens (tertiary/aromatic N) is 1. The van der Waals surface area contributed by atoms with Crippen molar-refractivity contribution in [3.05, 3.63) is 10.1 Å². The second kappa shape index (κ2) is 8.12. The van der Waals surface area contributed by atoms with E-state index in [-0.39, 0.29) is 6.61 Å². The number of hydrogen-bond acceptors (Lipinski definition) is 6. The number of carbonyl (C=O) groups is 1. The molecule has 0 fully saturated rings. The van der Waals surface area contributed by atoms with Gasteiger partial charge in [-0.15, -0.1) is 10.1 Å². The molecule has 0 spiro atoms. The molecule has 0 aliphatic carbocycles. The fourth-order valence-electron chi connectivity index (χ4n) is 0.428. The lowest BCUT2D eigenvalue weighted by Gasteiger charge is -1.98. The Balaban J connectivity index is 2.90. The lowest BCUT2D eigenvalue weighted by molar-refractivity contribution is -0.756. The third-order valence-electron chi connectivity index (χ3n) is 0.838. The van der Waals surface area contributed by atoms with Crippen LogP contribution < -0.4 is 0 Å². The van der Waals surface area contributed by atoms with Gasteiger partial charge in [0, 0.05) is 11.5 Å². The first-order chi connectivity index (χ1) is 5.77. The highest BCUT2D eigenvalue weighted by atomic mass is 32.2. The summed E-state index contributed by atoms with van der Waals surface area (Å²) in [5.74, 6) is 1.14. The molecule has 70 valence electrons. The van der Waals surface area contributed by atoms with Gasteiger partial charge in [0.1, 0.15) is 13.2 Å². The smallest absolute Gasteiger partial charge is 0.294 e. The Kier molecular flexibility index (Phi) is 7.46.